The molecular formula is C24H19FN2O. The fourth-order valence-electron chi connectivity index (χ4n) is 3.28. The summed E-state index contributed by atoms with van der Waals surface area (Å²) in [5.41, 5.74) is 5.56. The molecule has 0 aliphatic carbocycles. The Labute approximate surface area is 162 Å². The van der Waals surface area contributed by atoms with Crippen molar-refractivity contribution >= 4 is 22.5 Å². The van der Waals surface area contributed by atoms with Crippen molar-refractivity contribution in [2.45, 2.75) is 13.8 Å². The molecule has 0 saturated carbocycles. The van der Waals surface area contributed by atoms with Crippen LogP contribution in [0.25, 0.3) is 22.2 Å². The maximum absolute atomic E-state index is 13.3. The van der Waals surface area contributed by atoms with Crippen molar-refractivity contribution in [2.75, 3.05) is 5.32 Å². The number of benzene rings is 3. The summed E-state index contributed by atoms with van der Waals surface area (Å²) in [4.78, 5) is 17.8. The van der Waals surface area contributed by atoms with E-state index in [0.29, 0.717) is 11.3 Å². The Balaban J connectivity index is 1.80. The highest BCUT2D eigenvalue weighted by Crippen LogP contribution is 2.26. The van der Waals surface area contributed by atoms with E-state index in [4.69, 9.17) is 0 Å². The lowest BCUT2D eigenvalue weighted by Crippen LogP contribution is -2.14. The van der Waals surface area contributed by atoms with Crippen LogP contribution in [0.15, 0.2) is 72.8 Å². The van der Waals surface area contributed by atoms with E-state index in [9.17, 15) is 9.18 Å². The van der Waals surface area contributed by atoms with E-state index >= 15 is 0 Å². The molecule has 0 bridgehead atoms. The van der Waals surface area contributed by atoms with E-state index in [-0.39, 0.29) is 11.7 Å². The van der Waals surface area contributed by atoms with Crippen LogP contribution in [0.5, 0.6) is 0 Å². The van der Waals surface area contributed by atoms with Crippen LogP contribution in [0.2, 0.25) is 0 Å². The number of fused-ring (bicyclic) bond motifs is 1. The van der Waals surface area contributed by atoms with Crippen LogP contribution < -0.4 is 5.32 Å². The average molecular weight is 370 g/mol. The molecule has 0 spiro atoms. The Bertz CT molecular complexity index is 1180. The lowest BCUT2D eigenvalue weighted by molar-refractivity contribution is 0.102. The standard InChI is InChI=1S/C24H19FN2O/c1-15-7-12-21(16(2)13-15)27-24(28)20-14-23(17-8-10-18(25)11-9-17)26-22-6-4-3-5-19(20)22/h3-14H,1-2H3,(H,27,28). The minimum absolute atomic E-state index is 0.200. The largest absolute Gasteiger partial charge is 0.322 e. The number of amides is 1. The number of anilines is 1. The Morgan fingerprint density at radius 2 is 1.68 bits per heavy atom. The quantitative estimate of drug-likeness (QED) is 0.487. The second-order valence-corrected chi connectivity index (χ2v) is 6.85. The number of hydrogen-bond donors (Lipinski definition) is 1. The van der Waals surface area contributed by atoms with Crippen molar-refractivity contribution < 1.29 is 9.18 Å². The number of nitrogens with zero attached hydrogens (tertiary/aromatic N) is 1. The number of carbonyl (C=O) groups excluding carboxylic acids is 1. The lowest BCUT2D eigenvalue weighted by Gasteiger charge is -2.12. The number of para-hydroxylation sites is 1. The highest BCUT2D eigenvalue weighted by molar-refractivity contribution is 6.13. The minimum atomic E-state index is -0.308. The van der Waals surface area contributed by atoms with Gasteiger partial charge < -0.3 is 5.32 Å². The summed E-state index contributed by atoms with van der Waals surface area (Å²) in [5, 5.41) is 3.78. The zero-order chi connectivity index (χ0) is 19.7. The zero-order valence-electron chi connectivity index (χ0n) is 15.7. The molecule has 0 aliphatic heterocycles. The average Bonchev–Trinajstić information content (AvgIpc) is 2.69. The van der Waals surface area contributed by atoms with E-state index in [1.807, 2.05) is 56.3 Å². The first kappa shape index (κ1) is 17.9. The smallest absolute Gasteiger partial charge is 0.256 e. The van der Waals surface area contributed by atoms with Gasteiger partial charge in [-0.2, -0.15) is 0 Å². The number of aryl methyl sites for hydroxylation is 2. The summed E-state index contributed by atoms with van der Waals surface area (Å²) in [7, 11) is 0. The molecule has 3 aromatic carbocycles. The first-order valence-electron chi connectivity index (χ1n) is 9.05. The van der Waals surface area contributed by atoms with Gasteiger partial charge in [0.25, 0.3) is 5.91 Å². The highest BCUT2D eigenvalue weighted by Gasteiger charge is 2.15. The number of hydrogen-bond acceptors (Lipinski definition) is 2. The van der Waals surface area contributed by atoms with Gasteiger partial charge in [0.2, 0.25) is 0 Å². The van der Waals surface area contributed by atoms with Crippen LogP contribution in [0.3, 0.4) is 0 Å². The summed E-state index contributed by atoms with van der Waals surface area (Å²) in [6, 6.07) is 21.3. The predicted molar refractivity (Wildman–Crippen MR) is 111 cm³/mol. The summed E-state index contributed by atoms with van der Waals surface area (Å²) in [5.74, 6) is -0.508. The molecule has 4 aromatic rings. The molecule has 4 rings (SSSR count). The van der Waals surface area contributed by atoms with E-state index in [2.05, 4.69) is 10.3 Å². The molecule has 1 heterocycles. The lowest BCUT2D eigenvalue weighted by atomic mass is 10.0. The fourth-order valence-corrected chi connectivity index (χ4v) is 3.28. The molecule has 1 N–H and O–H groups in total. The topological polar surface area (TPSA) is 42.0 Å². The van der Waals surface area contributed by atoms with Gasteiger partial charge in [0, 0.05) is 16.6 Å². The number of aromatic nitrogens is 1. The number of pyridine rings is 1. The molecule has 1 amide bonds. The molecule has 28 heavy (non-hydrogen) atoms. The van der Waals surface area contributed by atoms with Crippen molar-refractivity contribution in [2.24, 2.45) is 0 Å². The second kappa shape index (κ2) is 7.24. The Kier molecular flexibility index (Phi) is 4.62. The normalized spacial score (nSPS) is 10.8. The van der Waals surface area contributed by atoms with Crippen molar-refractivity contribution in [3.8, 4) is 11.3 Å². The second-order valence-electron chi connectivity index (χ2n) is 6.85. The van der Waals surface area contributed by atoms with Gasteiger partial charge in [-0.25, -0.2) is 9.37 Å². The van der Waals surface area contributed by atoms with Gasteiger partial charge in [-0.3, -0.25) is 4.79 Å². The van der Waals surface area contributed by atoms with Gasteiger partial charge in [0.15, 0.2) is 0 Å². The van der Waals surface area contributed by atoms with Crippen LogP contribution in [0.1, 0.15) is 21.5 Å². The third-order valence-electron chi connectivity index (χ3n) is 4.73. The van der Waals surface area contributed by atoms with Crippen LogP contribution in [0.4, 0.5) is 10.1 Å². The third kappa shape index (κ3) is 3.49. The molecule has 0 atom stereocenters. The van der Waals surface area contributed by atoms with Crippen molar-refractivity contribution in [1.82, 2.24) is 4.98 Å². The van der Waals surface area contributed by atoms with Gasteiger partial charge in [0.05, 0.1) is 16.8 Å². The molecule has 0 fully saturated rings. The maximum Gasteiger partial charge on any atom is 0.256 e. The zero-order valence-corrected chi connectivity index (χ0v) is 15.7. The van der Waals surface area contributed by atoms with Crippen molar-refractivity contribution in [3.05, 3.63) is 95.3 Å². The van der Waals surface area contributed by atoms with Crippen LogP contribution >= 0.6 is 0 Å². The molecule has 0 aliphatic rings. The van der Waals surface area contributed by atoms with Crippen molar-refractivity contribution in [3.63, 3.8) is 0 Å². The number of carbonyl (C=O) groups is 1. The Morgan fingerprint density at radius 1 is 0.929 bits per heavy atom. The number of rotatable bonds is 3. The van der Waals surface area contributed by atoms with E-state index in [0.717, 1.165) is 33.3 Å². The van der Waals surface area contributed by atoms with E-state index in [1.165, 1.54) is 12.1 Å². The summed E-state index contributed by atoms with van der Waals surface area (Å²) >= 11 is 0. The SMILES string of the molecule is Cc1ccc(NC(=O)c2cc(-c3ccc(F)cc3)nc3ccccc23)c(C)c1. The van der Waals surface area contributed by atoms with Gasteiger partial charge in [-0.1, -0.05) is 35.9 Å². The fraction of sp³-hybridized carbons (Fsp3) is 0.0833. The predicted octanol–water partition coefficient (Wildman–Crippen LogP) is 5.91. The molecule has 1 aromatic heterocycles. The number of halogens is 1. The van der Waals surface area contributed by atoms with Crippen LogP contribution in [-0.2, 0) is 0 Å². The van der Waals surface area contributed by atoms with Gasteiger partial charge >= 0.3 is 0 Å². The van der Waals surface area contributed by atoms with Gasteiger partial charge in [-0.15, -0.1) is 0 Å². The monoisotopic (exact) mass is 370 g/mol. The molecular weight excluding hydrogens is 351 g/mol. The first-order valence-corrected chi connectivity index (χ1v) is 9.05. The van der Waals surface area contributed by atoms with Gasteiger partial charge in [-0.05, 0) is 61.9 Å². The summed E-state index contributed by atoms with van der Waals surface area (Å²) < 4.78 is 13.3. The summed E-state index contributed by atoms with van der Waals surface area (Å²) in [6.07, 6.45) is 0. The third-order valence-corrected chi connectivity index (χ3v) is 4.73. The summed E-state index contributed by atoms with van der Waals surface area (Å²) in [6.45, 7) is 3.99. The molecule has 3 nitrogen and oxygen atoms in total. The van der Waals surface area contributed by atoms with Crippen LogP contribution in [0, 0.1) is 19.7 Å². The molecule has 0 radical (unpaired) electrons. The van der Waals surface area contributed by atoms with E-state index in [1.54, 1.807) is 18.2 Å². The maximum atomic E-state index is 13.3. The van der Waals surface area contributed by atoms with Crippen LogP contribution in [-0.4, -0.2) is 10.9 Å². The number of nitrogens with one attached hydrogen (secondary N) is 1. The highest BCUT2D eigenvalue weighted by atomic mass is 19.1. The van der Waals surface area contributed by atoms with E-state index < -0.39 is 0 Å². The van der Waals surface area contributed by atoms with Gasteiger partial charge in [0.1, 0.15) is 5.82 Å². The Hall–Kier alpha value is -3.53. The minimum Gasteiger partial charge on any atom is -0.322 e. The van der Waals surface area contributed by atoms with Crippen molar-refractivity contribution in [1.29, 1.82) is 0 Å². The molecule has 0 unspecified atom stereocenters. The molecule has 0 saturated heterocycles. The first-order chi connectivity index (χ1) is 13.5. The molecule has 138 valence electrons. The Morgan fingerprint density at radius 3 is 2.43 bits per heavy atom. The molecule has 4 heteroatoms.